The number of aliphatic carboxylic acids is 1. The number of hydrogen-bond donors (Lipinski definition) is 1. The van der Waals surface area contributed by atoms with E-state index in [1.54, 1.807) is 17.0 Å². The predicted octanol–water partition coefficient (Wildman–Crippen LogP) is 2.93. The molecule has 24 heavy (non-hydrogen) atoms. The molecule has 0 spiro atoms. The highest BCUT2D eigenvalue weighted by atomic mass is 32.2. The van der Waals surface area contributed by atoms with Gasteiger partial charge in [-0.3, -0.25) is 19.7 Å². The van der Waals surface area contributed by atoms with Gasteiger partial charge in [0.25, 0.3) is 5.69 Å². The molecule has 0 aromatic heterocycles. The lowest BCUT2D eigenvalue weighted by Crippen LogP contribution is -2.44. The molecule has 7 nitrogen and oxygen atoms in total. The molecule has 0 radical (unpaired) electrons. The zero-order chi connectivity index (χ0) is 17.5. The van der Waals surface area contributed by atoms with Crippen molar-refractivity contribution in [1.29, 1.82) is 0 Å². The first kappa shape index (κ1) is 18.3. The SMILES string of the molecule is O=C(O)CCC1CCCCN1C(=O)CSc1ccc([N+](=O)[O-])cc1. The number of likely N-dealkylation sites (tertiary alicyclic amines) is 1. The minimum atomic E-state index is -0.840. The summed E-state index contributed by atoms with van der Waals surface area (Å²) in [6.07, 6.45) is 3.37. The fraction of sp³-hybridized carbons (Fsp3) is 0.500. The number of amides is 1. The first-order chi connectivity index (χ1) is 11.5. The number of rotatable bonds is 7. The van der Waals surface area contributed by atoms with Gasteiger partial charge >= 0.3 is 5.97 Å². The van der Waals surface area contributed by atoms with E-state index in [0.29, 0.717) is 13.0 Å². The number of nitro benzene ring substituents is 1. The monoisotopic (exact) mass is 352 g/mol. The minimum Gasteiger partial charge on any atom is -0.481 e. The summed E-state index contributed by atoms with van der Waals surface area (Å²) >= 11 is 1.34. The normalized spacial score (nSPS) is 17.5. The lowest BCUT2D eigenvalue weighted by Gasteiger charge is -2.35. The van der Waals surface area contributed by atoms with Gasteiger partial charge in [-0.25, -0.2) is 0 Å². The van der Waals surface area contributed by atoms with E-state index < -0.39 is 10.9 Å². The Bertz CT molecular complexity index is 605. The van der Waals surface area contributed by atoms with Crippen LogP contribution in [0.5, 0.6) is 0 Å². The van der Waals surface area contributed by atoms with Crippen molar-refractivity contribution in [3.05, 3.63) is 34.4 Å². The number of thioether (sulfide) groups is 1. The molecule has 1 aliphatic rings. The predicted molar refractivity (Wildman–Crippen MR) is 90.0 cm³/mol. The van der Waals surface area contributed by atoms with Crippen molar-refractivity contribution in [2.24, 2.45) is 0 Å². The van der Waals surface area contributed by atoms with Gasteiger partial charge in [-0.05, 0) is 37.8 Å². The Morgan fingerprint density at radius 2 is 2.00 bits per heavy atom. The number of carboxylic acids is 1. The fourth-order valence-corrected chi connectivity index (χ4v) is 3.60. The number of carboxylic acid groups (broad SMARTS) is 1. The van der Waals surface area contributed by atoms with Crippen molar-refractivity contribution in [2.45, 2.75) is 43.0 Å². The van der Waals surface area contributed by atoms with Crippen molar-refractivity contribution in [3.8, 4) is 0 Å². The lowest BCUT2D eigenvalue weighted by molar-refractivity contribution is -0.384. The number of nitro groups is 1. The summed E-state index contributed by atoms with van der Waals surface area (Å²) in [6.45, 7) is 0.671. The van der Waals surface area contributed by atoms with Crippen LogP contribution in [0.25, 0.3) is 0 Å². The van der Waals surface area contributed by atoms with Gasteiger partial charge in [-0.2, -0.15) is 0 Å². The quantitative estimate of drug-likeness (QED) is 0.460. The Balaban J connectivity index is 1.89. The first-order valence-electron chi connectivity index (χ1n) is 7.86. The van der Waals surface area contributed by atoms with Gasteiger partial charge < -0.3 is 10.0 Å². The third-order valence-corrected chi connectivity index (χ3v) is 5.05. The first-order valence-corrected chi connectivity index (χ1v) is 8.84. The Labute approximate surface area is 144 Å². The van der Waals surface area contributed by atoms with Crippen LogP contribution in [0.3, 0.4) is 0 Å². The highest BCUT2D eigenvalue weighted by Gasteiger charge is 2.26. The molecule has 1 saturated heterocycles. The van der Waals surface area contributed by atoms with Crippen LogP contribution in [-0.2, 0) is 9.59 Å². The van der Waals surface area contributed by atoms with E-state index in [2.05, 4.69) is 0 Å². The van der Waals surface area contributed by atoms with Crippen LogP contribution in [0.15, 0.2) is 29.2 Å². The Hall–Kier alpha value is -2.09. The third kappa shape index (κ3) is 5.23. The topological polar surface area (TPSA) is 101 Å². The number of carbonyl (C=O) groups is 2. The van der Waals surface area contributed by atoms with Gasteiger partial charge in [0.1, 0.15) is 0 Å². The van der Waals surface area contributed by atoms with Crippen LogP contribution >= 0.6 is 11.8 Å². The molecule has 0 saturated carbocycles. The molecular weight excluding hydrogens is 332 g/mol. The maximum absolute atomic E-state index is 12.5. The second-order valence-electron chi connectivity index (χ2n) is 5.71. The molecule has 1 amide bonds. The molecule has 1 N–H and O–H groups in total. The molecule has 1 unspecified atom stereocenters. The van der Waals surface area contributed by atoms with Crippen LogP contribution in [-0.4, -0.2) is 45.1 Å². The maximum Gasteiger partial charge on any atom is 0.303 e. The van der Waals surface area contributed by atoms with Crippen molar-refractivity contribution in [3.63, 3.8) is 0 Å². The Morgan fingerprint density at radius 1 is 1.29 bits per heavy atom. The van der Waals surface area contributed by atoms with Gasteiger partial charge in [0.2, 0.25) is 5.91 Å². The molecule has 2 rings (SSSR count). The van der Waals surface area contributed by atoms with Crippen LogP contribution in [0.1, 0.15) is 32.1 Å². The second kappa shape index (κ2) is 8.68. The molecule has 1 fully saturated rings. The lowest BCUT2D eigenvalue weighted by atomic mass is 9.98. The highest BCUT2D eigenvalue weighted by molar-refractivity contribution is 8.00. The third-order valence-electron chi connectivity index (χ3n) is 4.05. The number of non-ortho nitro benzene ring substituents is 1. The summed E-state index contributed by atoms with van der Waals surface area (Å²) < 4.78 is 0. The summed E-state index contributed by atoms with van der Waals surface area (Å²) in [5, 5.41) is 19.5. The van der Waals surface area contributed by atoms with Crippen molar-refractivity contribution >= 4 is 29.3 Å². The average Bonchev–Trinajstić information content (AvgIpc) is 2.58. The molecular formula is C16H20N2O5S. The van der Waals surface area contributed by atoms with E-state index in [4.69, 9.17) is 5.11 Å². The van der Waals surface area contributed by atoms with Gasteiger partial charge in [0, 0.05) is 36.0 Å². The zero-order valence-electron chi connectivity index (χ0n) is 13.2. The van der Waals surface area contributed by atoms with Gasteiger partial charge in [-0.15, -0.1) is 11.8 Å². The van der Waals surface area contributed by atoms with Gasteiger partial charge in [-0.1, -0.05) is 0 Å². The standard InChI is InChI=1S/C16H20N2O5S/c19-15(11-24-14-7-4-13(5-8-14)18(22)23)17-10-2-1-3-12(17)6-9-16(20)21/h4-5,7-8,12H,1-3,6,9-11H2,(H,20,21). The van der Waals surface area contributed by atoms with Gasteiger partial charge in [0.05, 0.1) is 10.7 Å². The highest BCUT2D eigenvalue weighted by Crippen LogP contribution is 2.25. The summed E-state index contributed by atoms with van der Waals surface area (Å²) in [7, 11) is 0. The molecule has 130 valence electrons. The molecule has 1 aliphatic heterocycles. The second-order valence-corrected chi connectivity index (χ2v) is 6.76. The Kier molecular flexibility index (Phi) is 6.60. The fourth-order valence-electron chi connectivity index (χ4n) is 2.81. The van der Waals surface area contributed by atoms with Crippen molar-refractivity contribution in [2.75, 3.05) is 12.3 Å². The largest absolute Gasteiger partial charge is 0.481 e. The van der Waals surface area contributed by atoms with Crippen LogP contribution in [0, 0.1) is 10.1 Å². The van der Waals surface area contributed by atoms with Crippen molar-refractivity contribution < 1.29 is 19.6 Å². The summed E-state index contributed by atoms with van der Waals surface area (Å²) in [6, 6.07) is 6.11. The molecule has 1 aromatic carbocycles. The molecule has 1 aromatic rings. The summed E-state index contributed by atoms with van der Waals surface area (Å²) in [5.41, 5.74) is 0.0236. The number of carbonyl (C=O) groups excluding carboxylic acids is 1. The van der Waals surface area contributed by atoms with E-state index in [0.717, 1.165) is 24.2 Å². The van der Waals surface area contributed by atoms with E-state index in [1.807, 2.05) is 0 Å². The van der Waals surface area contributed by atoms with E-state index >= 15 is 0 Å². The minimum absolute atomic E-state index is 0.000175. The van der Waals surface area contributed by atoms with E-state index in [-0.39, 0.29) is 29.8 Å². The number of nitrogens with zero attached hydrogens (tertiary/aromatic N) is 2. The van der Waals surface area contributed by atoms with E-state index in [9.17, 15) is 19.7 Å². The smallest absolute Gasteiger partial charge is 0.303 e. The maximum atomic E-state index is 12.5. The molecule has 1 atom stereocenters. The van der Waals surface area contributed by atoms with Gasteiger partial charge in [0.15, 0.2) is 0 Å². The molecule has 8 heteroatoms. The van der Waals surface area contributed by atoms with Crippen molar-refractivity contribution in [1.82, 2.24) is 4.90 Å². The van der Waals surface area contributed by atoms with Crippen LogP contribution in [0.2, 0.25) is 0 Å². The summed E-state index contributed by atoms with van der Waals surface area (Å²) in [5.74, 6) is -0.594. The van der Waals surface area contributed by atoms with Crippen LogP contribution in [0.4, 0.5) is 5.69 Å². The Morgan fingerprint density at radius 3 is 2.62 bits per heavy atom. The molecule has 0 bridgehead atoms. The molecule has 0 aliphatic carbocycles. The summed E-state index contributed by atoms with van der Waals surface area (Å²) in [4.78, 5) is 36.0. The van der Waals surface area contributed by atoms with E-state index in [1.165, 1.54) is 23.9 Å². The number of benzene rings is 1. The van der Waals surface area contributed by atoms with Crippen LogP contribution < -0.4 is 0 Å². The zero-order valence-corrected chi connectivity index (χ0v) is 14.0. The number of hydrogen-bond acceptors (Lipinski definition) is 5. The average molecular weight is 352 g/mol. The molecule has 1 heterocycles. The number of piperidine rings is 1.